The van der Waals surface area contributed by atoms with E-state index in [1.54, 1.807) is 0 Å². The van der Waals surface area contributed by atoms with Crippen LogP contribution in [0.3, 0.4) is 0 Å². The zero-order valence-corrected chi connectivity index (χ0v) is 7.95. The fourth-order valence-corrected chi connectivity index (χ4v) is 1.83. The Morgan fingerprint density at radius 2 is 2.50 bits per heavy atom. The highest BCUT2D eigenvalue weighted by Crippen LogP contribution is 2.33. The van der Waals surface area contributed by atoms with E-state index in [4.69, 9.17) is 4.42 Å². The van der Waals surface area contributed by atoms with Gasteiger partial charge in [0, 0.05) is 12.0 Å². The minimum atomic E-state index is -0.591. The highest BCUT2D eigenvalue weighted by atomic mass is 16.5. The van der Waals surface area contributed by atoms with Crippen molar-refractivity contribution in [2.24, 2.45) is 0 Å². The molecule has 1 aliphatic rings. The third-order valence-corrected chi connectivity index (χ3v) is 2.53. The van der Waals surface area contributed by atoms with Crippen LogP contribution in [0.4, 0.5) is 0 Å². The van der Waals surface area contributed by atoms with Crippen molar-refractivity contribution in [1.82, 2.24) is 0 Å². The lowest BCUT2D eigenvalue weighted by atomic mass is 9.93. The first-order chi connectivity index (χ1) is 6.74. The lowest BCUT2D eigenvalue weighted by molar-refractivity contribution is 0.0591. The number of methoxy groups -OCH3 is 1. The Hall–Kier alpha value is -1.29. The summed E-state index contributed by atoms with van der Waals surface area (Å²) in [6.07, 6.45) is 3.12. The van der Waals surface area contributed by atoms with Crippen molar-refractivity contribution >= 4 is 5.97 Å². The van der Waals surface area contributed by atoms with Gasteiger partial charge in [-0.15, -0.1) is 0 Å². The van der Waals surface area contributed by atoms with E-state index in [0.717, 1.165) is 12.8 Å². The van der Waals surface area contributed by atoms with Crippen molar-refractivity contribution in [3.8, 4) is 0 Å². The number of aryl methyl sites for hydroxylation is 1. The van der Waals surface area contributed by atoms with Gasteiger partial charge in [0.05, 0.1) is 13.2 Å². The molecular formula is C10H12O4. The molecule has 0 aliphatic heterocycles. The fraction of sp³-hybridized carbons (Fsp3) is 0.500. The Kier molecular flexibility index (Phi) is 2.29. The van der Waals surface area contributed by atoms with E-state index in [0.29, 0.717) is 23.3 Å². The predicted molar refractivity (Wildman–Crippen MR) is 47.9 cm³/mol. The van der Waals surface area contributed by atoms with Gasteiger partial charge in [0.2, 0.25) is 0 Å². The Morgan fingerprint density at radius 1 is 1.71 bits per heavy atom. The van der Waals surface area contributed by atoms with E-state index in [9.17, 15) is 9.90 Å². The van der Waals surface area contributed by atoms with Gasteiger partial charge >= 0.3 is 5.97 Å². The molecule has 4 heteroatoms. The van der Waals surface area contributed by atoms with Gasteiger partial charge in [-0.2, -0.15) is 0 Å². The van der Waals surface area contributed by atoms with Crippen molar-refractivity contribution in [2.75, 3.05) is 7.11 Å². The average Bonchev–Trinajstić information content (AvgIpc) is 2.62. The molecule has 76 valence electrons. The van der Waals surface area contributed by atoms with Crippen LogP contribution in [-0.4, -0.2) is 18.2 Å². The lowest BCUT2D eigenvalue weighted by Crippen LogP contribution is -2.12. The number of aliphatic hydroxyl groups excluding tert-OH is 1. The molecule has 1 heterocycles. The Labute approximate surface area is 81.5 Å². The molecule has 0 saturated carbocycles. The standard InChI is InChI=1S/C10H12O4/c1-13-10(12)6-5-14-8-4-2-3-7(11)9(6)8/h5,7,11H,2-4H2,1H3/t7-/m1/s1. The fourth-order valence-electron chi connectivity index (χ4n) is 1.83. The smallest absolute Gasteiger partial charge is 0.341 e. The summed E-state index contributed by atoms with van der Waals surface area (Å²) >= 11 is 0. The molecule has 0 bridgehead atoms. The maximum absolute atomic E-state index is 11.3. The van der Waals surface area contributed by atoms with Gasteiger partial charge < -0.3 is 14.3 Å². The number of ether oxygens (including phenoxy) is 1. The summed E-state index contributed by atoms with van der Waals surface area (Å²) in [5.41, 5.74) is 0.970. The molecule has 1 aromatic heterocycles. The normalized spacial score (nSPS) is 20.3. The number of hydrogen-bond donors (Lipinski definition) is 1. The van der Waals surface area contributed by atoms with Gasteiger partial charge in [-0.3, -0.25) is 0 Å². The molecule has 2 rings (SSSR count). The van der Waals surface area contributed by atoms with Crippen LogP contribution in [0, 0.1) is 0 Å². The number of hydrogen-bond acceptors (Lipinski definition) is 4. The number of esters is 1. The Bertz CT molecular complexity index is 353. The zero-order valence-electron chi connectivity index (χ0n) is 7.95. The Balaban J connectivity index is 2.43. The van der Waals surface area contributed by atoms with Crippen LogP contribution in [0.5, 0.6) is 0 Å². The van der Waals surface area contributed by atoms with Crippen LogP contribution >= 0.6 is 0 Å². The highest BCUT2D eigenvalue weighted by Gasteiger charge is 2.28. The summed E-state index contributed by atoms with van der Waals surface area (Å²) in [5, 5.41) is 9.71. The first-order valence-corrected chi connectivity index (χ1v) is 4.60. The summed E-state index contributed by atoms with van der Waals surface area (Å²) in [5.74, 6) is 0.264. The van der Waals surface area contributed by atoms with Gasteiger partial charge in [-0.05, 0) is 12.8 Å². The van der Waals surface area contributed by atoms with Crippen molar-refractivity contribution in [3.05, 3.63) is 23.2 Å². The van der Waals surface area contributed by atoms with Crippen LogP contribution in [0.2, 0.25) is 0 Å². The van der Waals surface area contributed by atoms with E-state index in [1.807, 2.05) is 0 Å². The molecular weight excluding hydrogens is 184 g/mol. The Morgan fingerprint density at radius 3 is 3.21 bits per heavy atom. The predicted octanol–water partition coefficient (Wildman–Crippen LogP) is 1.44. The molecule has 4 nitrogen and oxygen atoms in total. The van der Waals surface area contributed by atoms with E-state index in [-0.39, 0.29) is 0 Å². The van der Waals surface area contributed by atoms with Crippen LogP contribution in [0.15, 0.2) is 10.7 Å². The summed E-state index contributed by atoms with van der Waals surface area (Å²) in [4.78, 5) is 11.3. The van der Waals surface area contributed by atoms with Crippen molar-refractivity contribution < 1.29 is 19.1 Å². The summed E-state index contributed by atoms with van der Waals surface area (Å²) in [7, 11) is 1.32. The molecule has 0 radical (unpaired) electrons. The second kappa shape index (κ2) is 3.46. The molecule has 1 atom stereocenters. The summed E-state index contributed by atoms with van der Waals surface area (Å²) in [6, 6.07) is 0. The largest absolute Gasteiger partial charge is 0.468 e. The summed E-state index contributed by atoms with van der Waals surface area (Å²) in [6.45, 7) is 0. The lowest BCUT2D eigenvalue weighted by Gasteiger charge is -2.16. The molecule has 14 heavy (non-hydrogen) atoms. The first kappa shape index (κ1) is 9.27. The van der Waals surface area contributed by atoms with Crippen LogP contribution in [-0.2, 0) is 11.2 Å². The van der Waals surface area contributed by atoms with Gasteiger partial charge in [-0.1, -0.05) is 0 Å². The zero-order chi connectivity index (χ0) is 10.1. The summed E-state index contributed by atoms with van der Waals surface area (Å²) < 4.78 is 9.82. The number of rotatable bonds is 1. The number of carbonyl (C=O) groups is 1. The monoisotopic (exact) mass is 196 g/mol. The number of aliphatic hydroxyl groups is 1. The van der Waals surface area contributed by atoms with E-state index >= 15 is 0 Å². The second-order valence-electron chi connectivity index (χ2n) is 3.39. The third-order valence-electron chi connectivity index (χ3n) is 2.53. The average molecular weight is 196 g/mol. The molecule has 0 amide bonds. The van der Waals surface area contributed by atoms with Gasteiger partial charge in [0.1, 0.15) is 17.6 Å². The molecule has 0 unspecified atom stereocenters. The number of furan rings is 1. The topological polar surface area (TPSA) is 59.7 Å². The van der Waals surface area contributed by atoms with Crippen LogP contribution in [0.25, 0.3) is 0 Å². The molecule has 0 fully saturated rings. The van der Waals surface area contributed by atoms with Gasteiger partial charge in [0.15, 0.2) is 0 Å². The minimum Gasteiger partial charge on any atom is -0.468 e. The second-order valence-corrected chi connectivity index (χ2v) is 3.39. The maximum atomic E-state index is 11.3. The molecule has 0 spiro atoms. The van der Waals surface area contributed by atoms with Crippen molar-refractivity contribution in [3.63, 3.8) is 0 Å². The van der Waals surface area contributed by atoms with Crippen LogP contribution in [0.1, 0.15) is 40.6 Å². The van der Waals surface area contributed by atoms with Gasteiger partial charge in [-0.25, -0.2) is 4.79 Å². The maximum Gasteiger partial charge on any atom is 0.341 e. The van der Waals surface area contributed by atoms with E-state index in [2.05, 4.69) is 4.74 Å². The number of fused-ring (bicyclic) bond motifs is 1. The molecule has 1 aliphatic carbocycles. The SMILES string of the molecule is COC(=O)c1coc2c1[C@H](O)CCC2. The van der Waals surface area contributed by atoms with Crippen molar-refractivity contribution in [1.29, 1.82) is 0 Å². The molecule has 1 N–H and O–H groups in total. The van der Waals surface area contributed by atoms with Gasteiger partial charge in [0.25, 0.3) is 0 Å². The van der Waals surface area contributed by atoms with Crippen LogP contribution < -0.4 is 0 Å². The van der Waals surface area contributed by atoms with Crippen molar-refractivity contribution in [2.45, 2.75) is 25.4 Å². The van der Waals surface area contributed by atoms with E-state index < -0.39 is 12.1 Å². The third kappa shape index (κ3) is 1.32. The highest BCUT2D eigenvalue weighted by molar-refractivity contribution is 5.91. The number of carbonyl (C=O) groups excluding carboxylic acids is 1. The van der Waals surface area contributed by atoms with E-state index in [1.165, 1.54) is 13.4 Å². The molecule has 0 saturated heterocycles. The molecule has 1 aromatic rings. The quantitative estimate of drug-likeness (QED) is 0.690. The first-order valence-electron chi connectivity index (χ1n) is 4.60. The molecule has 0 aromatic carbocycles. The minimum absolute atomic E-state index is 0.356.